The average molecular weight is 1280 g/mol. The Balaban J connectivity index is 0.000000254. The molecule has 0 aliphatic heterocycles. The van der Waals surface area contributed by atoms with Gasteiger partial charge in [0.2, 0.25) is 0 Å². The van der Waals surface area contributed by atoms with Crippen LogP contribution in [0.1, 0.15) is 0 Å². The summed E-state index contributed by atoms with van der Waals surface area (Å²) in [5.74, 6) is 0. The zero-order chi connectivity index (χ0) is 48.6. The molecule has 0 N–H and O–H groups in total. The fraction of sp³-hybridized carbons (Fsp3) is 0.0385. The molecule has 0 aromatic heterocycles. The van der Waals surface area contributed by atoms with E-state index in [4.69, 9.17) is 32.6 Å². The van der Waals surface area contributed by atoms with Gasteiger partial charge < -0.3 is 0 Å². The minimum atomic E-state index is -4.85. The van der Waals surface area contributed by atoms with Gasteiger partial charge in [-0.15, -0.1) is 0 Å². The third kappa shape index (κ3) is 12.9. The summed E-state index contributed by atoms with van der Waals surface area (Å²) < 4.78 is 85.3. The van der Waals surface area contributed by atoms with Crippen molar-refractivity contribution in [2.75, 3.05) is 13.3 Å². The van der Waals surface area contributed by atoms with E-state index in [0.717, 1.165) is 21.2 Å². The maximum atomic E-state index is 12.3. The van der Waals surface area contributed by atoms with Crippen LogP contribution in [0, 0.1) is 20.5 Å². The third-order valence-electron chi connectivity index (χ3n) is 11.5. The predicted molar refractivity (Wildman–Crippen MR) is 277 cm³/mol. The number of benzene rings is 8. The predicted octanol–water partition coefficient (Wildman–Crippen LogP) is 3.07. The number of rotatable bonds is 14. The summed E-state index contributed by atoms with van der Waals surface area (Å²) in [5.41, 5.74) is 3.79. The van der Waals surface area contributed by atoms with E-state index >= 15 is 0 Å². The summed E-state index contributed by atoms with van der Waals surface area (Å²) in [4.78, 5) is 0. The Morgan fingerprint density at radius 3 is 0.900 bits per heavy atom. The van der Waals surface area contributed by atoms with Crippen molar-refractivity contribution in [3.63, 3.8) is 0 Å². The van der Waals surface area contributed by atoms with E-state index in [0.29, 0.717) is 21.2 Å². The summed E-state index contributed by atoms with van der Waals surface area (Å²) >= 11 is 12.8. The van der Waals surface area contributed by atoms with Crippen LogP contribution < -0.4 is 70.4 Å². The molecule has 0 unspecified atom stereocenters. The topological polar surface area (TPSA) is 157 Å². The first kappa shape index (κ1) is 58.5. The average Bonchev–Trinajstić information content (AvgIpc) is 3.35. The fourth-order valence-corrected chi connectivity index (χ4v) is 37.5. The monoisotopic (exact) mass is 1270 g/mol. The van der Waals surface area contributed by atoms with Gasteiger partial charge in [-0.3, -0.25) is 0 Å². The SMILES string of the molecule is CP(=CP([S-])(O[Cl+3]([O-])([O-])[O-])(c1ccccc1)c1ccccc1)(c1ccccc1)c1ccccc1.CP(C=P([S-])(c1ccccc1)c1ccccc1)(O[Cl+3]([O-])([O-])[O-])(c1ccccc1)c1ccccc1.[Ag+].[Ag+]. The molecule has 0 heterocycles. The maximum Gasteiger partial charge on any atom is 1.00 e. The molecular weight excluding hydrogens is 1230 g/mol. The molecule has 8 nitrogen and oxygen atoms in total. The first-order chi connectivity index (χ1) is 32.3. The first-order valence-electron chi connectivity index (χ1n) is 21.0. The quantitative estimate of drug-likeness (QED) is 0.0902. The number of hydrogen-bond acceptors (Lipinski definition) is 10. The van der Waals surface area contributed by atoms with Crippen LogP contribution in [-0.2, 0) is 77.4 Å². The van der Waals surface area contributed by atoms with Crippen LogP contribution in [0.2, 0.25) is 0 Å². The summed E-state index contributed by atoms with van der Waals surface area (Å²) in [6.45, 7) is -2.96. The van der Waals surface area contributed by atoms with Crippen molar-refractivity contribution in [3.05, 3.63) is 243 Å². The van der Waals surface area contributed by atoms with E-state index in [9.17, 15) is 28.0 Å². The Bertz CT molecular complexity index is 2650. The van der Waals surface area contributed by atoms with Gasteiger partial charge in [0.25, 0.3) is 0 Å². The second kappa shape index (κ2) is 23.9. The Labute approximate surface area is 456 Å². The maximum absolute atomic E-state index is 12.3. The molecule has 372 valence electrons. The van der Waals surface area contributed by atoms with Crippen LogP contribution in [-0.4, -0.2) is 24.4 Å². The largest absolute Gasteiger partial charge is 1.00 e. The molecule has 70 heavy (non-hydrogen) atoms. The van der Waals surface area contributed by atoms with E-state index in [2.05, 4.69) is 6.66 Å². The summed E-state index contributed by atoms with van der Waals surface area (Å²) in [6, 6.07) is 70.1. The Morgan fingerprint density at radius 1 is 0.386 bits per heavy atom. The van der Waals surface area contributed by atoms with Crippen molar-refractivity contribution in [2.45, 2.75) is 0 Å². The van der Waals surface area contributed by atoms with Crippen LogP contribution in [0.25, 0.3) is 0 Å². The van der Waals surface area contributed by atoms with Crippen LogP contribution in [0.15, 0.2) is 243 Å². The van der Waals surface area contributed by atoms with Crippen molar-refractivity contribution in [1.29, 1.82) is 0 Å². The van der Waals surface area contributed by atoms with E-state index < -0.39 is 46.3 Å². The minimum absolute atomic E-state index is 0. The zero-order valence-corrected chi connectivity index (χ0v) is 47.2. The van der Waals surface area contributed by atoms with Gasteiger partial charge in [0, 0.05) is 0 Å². The molecule has 8 aromatic rings. The molecule has 0 saturated heterocycles. The van der Waals surface area contributed by atoms with Crippen molar-refractivity contribution in [3.8, 4) is 0 Å². The van der Waals surface area contributed by atoms with Gasteiger partial charge >= 0.3 is 461 Å². The van der Waals surface area contributed by atoms with Crippen LogP contribution in [0.5, 0.6) is 0 Å². The zero-order valence-electron chi connectivity index (χ0n) is 37.5. The van der Waals surface area contributed by atoms with Gasteiger partial charge in [-0.05, 0) is 0 Å². The summed E-state index contributed by atoms with van der Waals surface area (Å²) in [6.07, 6.45) is -2.79. The van der Waals surface area contributed by atoms with Gasteiger partial charge in [0.1, 0.15) is 0 Å². The van der Waals surface area contributed by atoms with Crippen molar-refractivity contribution in [2.24, 2.45) is 0 Å². The van der Waals surface area contributed by atoms with Gasteiger partial charge in [0.05, 0.1) is 0 Å². The van der Waals surface area contributed by atoms with Gasteiger partial charge in [0.15, 0.2) is 0 Å². The molecule has 0 aliphatic carbocycles. The molecule has 0 saturated carbocycles. The smallest absolute Gasteiger partial charge is 1.00 e. The second-order valence-electron chi connectivity index (χ2n) is 16.1. The molecule has 0 fully saturated rings. The Hall–Kier alpha value is -2.34. The molecule has 18 heteroatoms. The van der Waals surface area contributed by atoms with Crippen molar-refractivity contribution < 1.29 is 101 Å². The molecule has 0 bridgehead atoms. The Morgan fingerprint density at radius 2 is 0.629 bits per heavy atom. The number of halogens is 2. The van der Waals surface area contributed by atoms with E-state index in [1.807, 2.05) is 181 Å². The van der Waals surface area contributed by atoms with Crippen LogP contribution >= 0.6 is 25.8 Å². The van der Waals surface area contributed by atoms with E-state index in [-0.39, 0.29) is 44.8 Å². The van der Waals surface area contributed by atoms with E-state index in [1.54, 1.807) is 79.5 Å². The van der Waals surface area contributed by atoms with Crippen molar-refractivity contribution in [1.82, 2.24) is 0 Å². The van der Waals surface area contributed by atoms with E-state index in [1.165, 1.54) is 0 Å². The normalized spacial score (nSPS) is 13.2. The standard InChI is InChI=1S/2C26H24ClO4P2S.2Ag/c1-33(31-27(28,29)30,25-18-10-4-11-19-25,26-20-12-5-13-21-26)22-32(34,23-14-6-2-7-15-23)24-16-8-3-9-17-24;1-32(23-14-6-2-7-15-23,24-16-8-3-9-17-24)22-33(34,31-27(28,29)30,25-18-10-4-11-19-25)26-20-12-5-13-21-26;;/h2*2-22H,1H3;;/q2*-1;2*+1. The minimum Gasteiger partial charge on any atom is 1.00 e. The molecule has 8 rings (SSSR count). The molecule has 0 aliphatic rings. The van der Waals surface area contributed by atoms with Crippen LogP contribution in [0.3, 0.4) is 0 Å². The van der Waals surface area contributed by atoms with Crippen molar-refractivity contribution >= 4 is 104 Å². The van der Waals surface area contributed by atoms with Gasteiger partial charge in [-0.2, -0.15) is 0 Å². The molecule has 0 spiro atoms. The summed E-state index contributed by atoms with van der Waals surface area (Å²) in [7, 11) is -9.65. The fourth-order valence-electron chi connectivity index (χ4n) is 8.31. The molecule has 8 aromatic carbocycles. The summed E-state index contributed by atoms with van der Waals surface area (Å²) in [5, 5.41) is 5.93. The first-order valence-corrected chi connectivity index (χ1v) is 34.5. The van der Waals surface area contributed by atoms with Gasteiger partial charge in [-0.1, -0.05) is 0 Å². The molecule has 0 atom stereocenters. The molecular formula is C52H48Ag2Cl2O8P4S2. The molecule has 0 radical (unpaired) electrons. The third-order valence-corrected chi connectivity index (χ3v) is 37.8. The van der Waals surface area contributed by atoms with Crippen LogP contribution in [0.4, 0.5) is 0 Å². The Kier molecular flexibility index (Phi) is 20.0. The second-order valence-corrected chi connectivity index (χ2v) is 37.2. The number of hydrogen-bond donors (Lipinski definition) is 0. The van der Waals surface area contributed by atoms with Gasteiger partial charge in [-0.25, -0.2) is 0 Å². The molecule has 0 amide bonds.